The van der Waals surface area contributed by atoms with Gasteiger partial charge in [0.2, 0.25) is 0 Å². The van der Waals surface area contributed by atoms with Crippen molar-refractivity contribution in [3.8, 4) is 5.75 Å². The first-order valence-electron chi connectivity index (χ1n) is 7.04. The van der Waals surface area contributed by atoms with Crippen LogP contribution in [0.4, 0.5) is 0 Å². The fraction of sp³-hybridized carbons (Fsp3) is 0.0526. The van der Waals surface area contributed by atoms with Crippen LogP contribution >= 0.6 is 23.9 Å². The Balaban J connectivity index is 2.22. The van der Waals surface area contributed by atoms with E-state index < -0.39 is 7.92 Å². The van der Waals surface area contributed by atoms with E-state index in [1.165, 1.54) is 15.9 Å². The molecule has 0 fully saturated rings. The van der Waals surface area contributed by atoms with E-state index in [0.717, 1.165) is 10.2 Å². The standard InChI is InChI=1S/C19H16BrOP/c1-21-17-12-6-8-14-19(17)22(15-9-3-2-4-10-15)18-13-7-5-11-16(18)20/h2-14H,1H3/t22-/m0/s1. The molecule has 0 aliphatic rings. The van der Waals surface area contributed by atoms with E-state index in [4.69, 9.17) is 4.74 Å². The summed E-state index contributed by atoms with van der Waals surface area (Å²) in [5.41, 5.74) is 0. The molecule has 0 aromatic heterocycles. The van der Waals surface area contributed by atoms with Crippen molar-refractivity contribution in [3.63, 3.8) is 0 Å². The predicted octanol–water partition coefficient (Wildman–Crippen LogP) is 4.22. The van der Waals surface area contributed by atoms with E-state index in [1.54, 1.807) is 7.11 Å². The monoisotopic (exact) mass is 370 g/mol. The largest absolute Gasteiger partial charge is 0.496 e. The van der Waals surface area contributed by atoms with Crippen molar-refractivity contribution in [2.24, 2.45) is 0 Å². The molecule has 0 heterocycles. The molecule has 3 aromatic carbocycles. The number of hydrogen-bond donors (Lipinski definition) is 0. The lowest BCUT2D eigenvalue weighted by molar-refractivity contribution is 0.418. The molecule has 0 radical (unpaired) electrons. The van der Waals surface area contributed by atoms with Gasteiger partial charge in [-0.15, -0.1) is 0 Å². The summed E-state index contributed by atoms with van der Waals surface area (Å²) in [5.74, 6) is 0.938. The maximum atomic E-state index is 5.61. The minimum absolute atomic E-state index is 0.665. The first-order chi connectivity index (χ1) is 10.8. The Labute approximate surface area is 140 Å². The maximum absolute atomic E-state index is 5.61. The van der Waals surface area contributed by atoms with Crippen molar-refractivity contribution in [1.82, 2.24) is 0 Å². The van der Waals surface area contributed by atoms with Crippen LogP contribution < -0.4 is 20.7 Å². The van der Waals surface area contributed by atoms with Gasteiger partial charge in [-0.25, -0.2) is 0 Å². The van der Waals surface area contributed by atoms with Gasteiger partial charge in [0, 0.05) is 9.78 Å². The van der Waals surface area contributed by atoms with Crippen molar-refractivity contribution < 1.29 is 4.74 Å². The van der Waals surface area contributed by atoms with E-state index in [0.29, 0.717) is 0 Å². The van der Waals surface area contributed by atoms with E-state index in [9.17, 15) is 0 Å². The third-order valence-electron chi connectivity index (χ3n) is 3.43. The highest BCUT2D eigenvalue weighted by atomic mass is 79.9. The molecule has 0 aliphatic carbocycles. The van der Waals surface area contributed by atoms with Crippen LogP contribution in [0.2, 0.25) is 0 Å². The Bertz CT molecular complexity index is 758. The molecule has 1 nitrogen and oxygen atoms in total. The molecular weight excluding hydrogens is 355 g/mol. The van der Waals surface area contributed by atoms with Crippen molar-refractivity contribution >= 4 is 39.8 Å². The molecule has 1 atom stereocenters. The van der Waals surface area contributed by atoms with Crippen molar-refractivity contribution in [2.45, 2.75) is 0 Å². The molecule has 0 bridgehead atoms. The molecule has 0 saturated carbocycles. The lowest BCUT2D eigenvalue weighted by Crippen LogP contribution is -2.22. The second-order valence-electron chi connectivity index (χ2n) is 4.79. The van der Waals surface area contributed by atoms with Gasteiger partial charge in [0.25, 0.3) is 0 Å². The molecular formula is C19H16BrOP. The number of rotatable bonds is 4. The number of ether oxygens (including phenoxy) is 1. The van der Waals surface area contributed by atoms with Crippen LogP contribution in [0.5, 0.6) is 5.75 Å². The van der Waals surface area contributed by atoms with Gasteiger partial charge < -0.3 is 4.74 Å². The first-order valence-corrected chi connectivity index (χ1v) is 9.17. The zero-order chi connectivity index (χ0) is 15.4. The molecule has 0 N–H and O–H groups in total. The summed E-state index contributed by atoms with van der Waals surface area (Å²) < 4.78 is 6.75. The number of hydrogen-bond acceptors (Lipinski definition) is 1. The predicted molar refractivity (Wildman–Crippen MR) is 99.4 cm³/mol. The second-order valence-corrected chi connectivity index (χ2v) is 7.80. The summed E-state index contributed by atoms with van der Waals surface area (Å²) in [7, 11) is 1.07. The summed E-state index contributed by atoms with van der Waals surface area (Å²) in [6, 6.07) is 27.3. The molecule has 110 valence electrons. The van der Waals surface area contributed by atoms with E-state index in [1.807, 2.05) is 18.2 Å². The molecule has 22 heavy (non-hydrogen) atoms. The summed E-state index contributed by atoms with van der Waals surface area (Å²) in [5, 5.41) is 3.85. The fourth-order valence-electron chi connectivity index (χ4n) is 2.43. The molecule has 3 rings (SSSR count). The highest BCUT2D eigenvalue weighted by molar-refractivity contribution is 9.10. The third-order valence-corrected chi connectivity index (χ3v) is 6.97. The van der Waals surface area contributed by atoms with Crippen LogP contribution in [0, 0.1) is 0 Å². The molecule has 0 amide bonds. The molecule has 0 saturated heterocycles. The van der Waals surface area contributed by atoms with Gasteiger partial charge in [-0.2, -0.15) is 0 Å². The van der Waals surface area contributed by atoms with Crippen molar-refractivity contribution in [3.05, 3.63) is 83.3 Å². The van der Waals surface area contributed by atoms with Gasteiger partial charge in [-0.3, -0.25) is 0 Å². The normalized spacial score (nSPS) is 11.9. The van der Waals surface area contributed by atoms with E-state index in [-0.39, 0.29) is 0 Å². The SMILES string of the molecule is COc1ccccc1[P@@](c1ccccc1)c1ccccc1Br. The third kappa shape index (κ3) is 3.09. The number of para-hydroxylation sites is 1. The minimum atomic E-state index is -0.665. The Kier molecular flexibility index (Phi) is 4.92. The molecule has 0 aliphatic heterocycles. The average molecular weight is 371 g/mol. The Morgan fingerprint density at radius 2 is 1.32 bits per heavy atom. The lowest BCUT2D eigenvalue weighted by Gasteiger charge is -2.22. The smallest absolute Gasteiger partial charge is 0.127 e. The fourth-order valence-corrected chi connectivity index (χ4v) is 5.68. The van der Waals surface area contributed by atoms with Gasteiger partial charge in [0.05, 0.1) is 7.11 Å². The zero-order valence-electron chi connectivity index (χ0n) is 12.2. The number of methoxy groups -OCH3 is 1. The lowest BCUT2D eigenvalue weighted by atomic mass is 10.3. The summed E-state index contributed by atoms with van der Waals surface area (Å²) in [6.07, 6.45) is 0. The van der Waals surface area contributed by atoms with Crippen LogP contribution in [0.25, 0.3) is 0 Å². The van der Waals surface area contributed by atoms with Gasteiger partial charge in [-0.1, -0.05) is 82.7 Å². The van der Waals surface area contributed by atoms with Crippen LogP contribution in [0.3, 0.4) is 0 Å². The Hall–Kier alpha value is -1.63. The van der Waals surface area contributed by atoms with Crippen LogP contribution in [-0.2, 0) is 0 Å². The quantitative estimate of drug-likeness (QED) is 0.625. The average Bonchev–Trinajstić information content (AvgIpc) is 2.58. The van der Waals surface area contributed by atoms with Crippen LogP contribution in [0.1, 0.15) is 0 Å². The van der Waals surface area contributed by atoms with Crippen LogP contribution in [-0.4, -0.2) is 7.11 Å². The van der Waals surface area contributed by atoms with Gasteiger partial charge in [0.15, 0.2) is 0 Å². The topological polar surface area (TPSA) is 9.23 Å². The maximum Gasteiger partial charge on any atom is 0.127 e. The van der Waals surface area contributed by atoms with E-state index >= 15 is 0 Å². The molecule has 0 spiro atoms. The molecule has 3 heteroatoms. The summed E-state index contributed by atoms with van der Waals surface area (Å²) >= 11 is 3.71. The molecule has 3 aromatic rings. The van der Waals surface area contributed by atoms with Gasteiger partial charge >= 0.3 is 0 Å². The highest BCUT2D eigenvalue weighted by Crippen LogP contribution is 2.38. The Morgan fingerprint density at radius 3 is 2.00 bits per heavy atom. The van der Waals surface area contributed by atoms with E-state index in [2.05, 4.69) is 76.6 Å². The minimum Gasteiger partial charge on any atom is -0.496 e. The first kappa shape index (κ1) is 15.3. The summed E-state index contributed by atoms with van der Waals surface area (Å²) in [4.78, 5) is 0. The second kappa shape index (κ2) is 7.09. The van der Waals surface area contributed by atoms with Crippen molar-refractivity contribution in [1.29, 1.82) is 0 Å². The zero-order valence-corrected chi connectivity index (χ0v) is 14.7. The highest BCUT2D eigenvalue weighted by Gasteiger charge is 2.21. The van der Waals surface area contributed by atoms with Gasteiger partial charge in [0.1, 0.15) is 5.75 Å². The van der Waals surface area contributed by atoms with Crippen LogP contribution in [0.15, 0.2) is 83.3 Å². The number of halogens is 1. The Morgan fingerprint density at radius 1 is 0.727 bits per heavy atom. The summed E-state index contributed by atoms with van der Waals surface area (Å²) in [6.45, 7) is 0. The number of benzene rings is 3. The molecule has 0 unspecified atom stereocenters. The van der Waals surface area contributed by atoms with Gasteiger partial charge in [-0.05, 0) is 30.7 Å². The van der Waals surface area contributed by atoms with Crippen molar-refractivity contribution in [2.75, 3.05) is 7.11 Å².